The molecule has 4 rings (SSSR count). The molecule has 1 fully saturated rings. The van der Waals surface area contributed by atoms with Gasteiger partial charge in [-0.1, -0.05) is 47.7 Å². The predicted octanol–water partition coefficient (Wildman–Crippen LogP) is -0.235. The summed E-state index contributed by atoms with van der Waals surface area (Å²) >= 11 is 0. The molecule has 138 valence electrons. The Morgan fingerprint density at radius 2 is 1.93 bits per heavy atom. The maximum absolute atomic E-state index is 12.4. The third-order valence-electron chi connectivity index (χ3n) is 4.97. The van der Waals surface area contributed by atoms with Crippen LogP contribution >= 0.6 is 0 Å². The summed E-state index contributed by atoms with van der Waals surface area (Å²) in [6.45, 7) is 2.76. The number of carbonyl (C=O) groups excluding carboxylic acids is 1. The number of benzene rings is 2. The lowest BCUT2D eigenvalue weighted by Crippen LogP contribution is -3.09. The zero-order chi connectivity index (χ0) is 18.6. The number of nitrogens with one attached hydrogen (secondary N) is 2. The van der Waals surface area contributed by atoms with Crippen molar-refractivity contribution in [2.75, 3.05) is 13.1 Å². The topological polar surface area (TPSA) is 81.3 Å². The molecule has 7 nitrogen and oxygen atoms in total. The fourth-order valence-corrected chi connectivity index (χ4v) is 3.64. The molecule has 2 N–H and O–H groups in total. The van der Waals surface area contributed by atoms with Gasteiger partial charge in [-0.25, -0.2) is 4.68 Å². The van der Waals surface area contributed by atoms with Crippen molar-refractivity contribution in [2.24, 2.45) is 0 Å². The van der Waals surface area contributed by atoms with Gasteiger partial charge >= 0.3 is 0 Å². The second-order valence-electron chi connectivity index (χ2n) is 6.99. The molecule has 0 aliphatic carbocycles. The lowest BCUT2D eigenvalue weighted by atomic mass is 10.2. The van der Waals surface area contributed by atoms with Crippen molar-refractivity contribution in [2.45, 2.75) is 25.6 Å². The first-order valence-corrected chi connectivity index (χ1v) is 9.18. The van der Waals surface area contributed by atoms with E-state index in [2.05, 4.69) is 27.8 Å². The molecule has 1 saturated heterocycles. The molecule has 3 aromatic rings. The first-order valence-electron chi connectivity index (χ1n) is 9.18. The summed E-state index contributed by atoms with van der Waals surface area (Å²) in [4.78, 5) is 26.3. The van der Waals surface area contributed by atoms with Crippen LogP contribution in [-0.2, 0) is 17.9 Å². The van der Waals surface area contributed by atoms with Crippen LogP contribution in [0.1, 0.15) is 12.0 Å². The molecule has 0 spiro atoms. The molecular weight excluding hydrogens is 342 g/mol. The SMILES string of the molecule is O=C(Cn1nnc2ccccc2c1=O)N[C@H]1CC[NH+](Cc2ccccc2)C1. The zero-order valence-corrected chi connectivity index (χ0v) is 15.0. The van der Waals surface area contributed by atoms with Crippen molar-refractivity contribution in [3.63, 3.8) is 0 Å². The van der Waals surface area contributed by atoms with E-state index < -0.39 is 0 Å². The number of hydrogen-bond acceptors (Lipinski definition) is 4. The van der Waals surface area contributed by atoms with E-state index in [1.165, 1.54) is 10.5 Å². The number of likely N-dealkylation sites (tertiary alicyclic amines) is 1. The number of rotatable bonds is 5. The molecule has 2 heterocycles. The molecule has 2 atom stereocenters. The van der Waals surface area contributed by atoms with E-state index in [1.54, 1.807) is 24.3 Å². The molecule has 2 aromatic carbocycles. The molecule has 7 heteroatoms. The number of carbonyl (C=O) groups is 1. The van der Waals surface area contributed by atoms with E-state index >= 15 is 0 Å². The largest absolute Gasteiger partial charge is 0.346 e. The fraction of sp³-hybridized carbons (Fsp3) is 0.300. The van der Waals surface area contributed by atoms with Crippen molar-refractivity contribution in [3.8, 4) is 0 Å². The highest BCUT2D eigenvalue weighted by molar-refractivity contribution is 5.78. The smallest absolute Gasteiger partial charge is 0.278 e. The van der Waals surface area contributed by atoms with Gasteiger partial charge in [-0.15, -0.1) is 5.10 Å². The Balaban J connectivity index is 1.35. The Labute approximate surface area is 156 Å². The van der Waals surface area contributed by atoms with Crippen LogP contribution < -0.4 is 15.8 Å². The van der Waals surface area contributed by atoms with Crippen LogP contribution in [0.5, 0.6) is 0 Å². The van der Waals surface area contributed by atoms with Gasteiger partial charge in [-0.2, -0.15) is 0 Å². The molecular formula is C20H22N5O2+. The summed E-state index contributed by atoms with van der Waals surface area (Å²) in [6, 6.07) is 17.5. The molecule has 0 radical (unpaired) electrons. The van der Waals surface area contributed by atoms with E-state index in [0.717, 1.165) is 30.7 Å². The van der Waals surface area contributed by atoms with Gasteiger partial charge in [-0.3, -0.25) is 9.59 Å². The Morgan fingerprint density at radius 1 is 1.15 bits per heavy atom. The minimum atomic E-state index is -0.293. The highest BCUT2D eigenvalue weighted by Gasteiger charge is 2.27. The van der Waals surface area contributed by atoms with Gasteiger partial charge < -0.3 is 10.2 Å². The first kappa shape index (κ1) is 17.4. The molecule has 27 heavy (non-hydrogen) atoms. The second-order valence-corrected chi connectivity index (χ2v) is 6.99. The first-order chi connectivity index (χ1) is 13.2. The molecule has 1 amide bonds. The summed E-state index contributed by atoms with van der Waals surface area (Å²) in [5.74, 6) is -0.201. The van der Waals surface area contributed by atoms with Crippen LogP contribution in [0.25, 0.3) is 10.9 Å². The molecule has 1 aliphatic heterocycles. The van der Waals surface area contributed by atoms with Crippen LogP contribution in [-0.4, -0.2) is 40.0 Å². The normalized spacial score (nSPS) is 19.3. The van der Waals surface area contributed by atoms with E-state index in [1.807, 2.05) is 18.2 Å². The lowest BCUT2D eigenvalue weighted by Gasteiger charge is -2.14. The van der Waals surface area contributed by atoms with Crippen LogP contribution in [0.4, 0.5) is 0 Å². The highest BCUT2D eigenvalue weighted by Crippen LogP contribution is 2.03. The number of aromatic nitrogens is 3. The van der Waals surface area contributed by atoms with Gasteiger partial charge in [0, 0.05) is 12.0 Å². The van der Waals surface area contributed by atoms with Crippen LogP contribution in [0.2, 0.25) is 0 Å². The van der Waals surface area contributed by atoms with Gasteiger partial charge in [0.2, 0.25) is 5.91 Å². The summed E-state index contributed by atoms with van der Waals surface area (Å²) in [5.41, 5.74) is 1.55. The number of amides is 1. The van der Waals surface area contributed by atoms with Gasteiger partial charge in [0.15, 0.2) is 0 Å². The Hall–Kier alpha value is -3.06. The Bertz CT molecular complexity index is 1000. The maximum atomic E-state index is 12.4. The molecule has 1 aliphatic rings. The average molecular weight is 364 g/mol. The van der Waals surface area contributed by atoms with Crippen molar-refractivity contribution in [1.82, 2.24) is 20.3 Å². The minimum Gasteiger partial charge on any atom is -0.346 e. The highest BCUT2D eigenvalue weighted by atomic mass is 16.2. The molecule has 1 aromatic heterocycles. The monoisotopic (exact) mass is 364 g/mol. The van der Waals surface area contributed by atoms with Crippen molar-refractivity contribution < 1.29 is 9.69 Å². The van der Waals surface area contributed by atoms with E-state index in [0.29, 0.717) is 10.9 Å². The second kappa shape index (κ2) is 7.67. The standard InChI is InChI=1S/C20H21N5O2/c26-19(14-25-20(27)17-8-4-5-9-18(17)22-23-25)21-16-10-11-24(13-16)12-15-6-2-1-3-7-15/h1-9,16H,10-14H2,(H,21,26)/p+1/t16-/m0/s1. The minimum absolute atomic E-state index is 0.110. The molecule has 0 saturated carbocycles. The van der Waals surface area contributed by atoms with Crippen LogP contribution in [0, 0.1) is 0 Å². The van der Waals surface area contributed by atoms with E-state index in [9.17, 15) is 9.59 Å². The summed E-state index contributed by atoms with van der Waals surface area (Å²) < 4.78 is 1.13. The fourth-order valence-electron chi connectivity index (χ4n) is 3.64. The van der Waals surface area contributed by atoms with Crippen LogP contribution in [0.3, 0.4) is 0 Å². The third-order valence-corrected chi connectivity index (χ3v) is 4.97. The Kier molecular flexibility index (Phi) is 4.93. The van der Waals surface area contributed by atoms with Gasteiger partial charge in [0.25, 0.3) is 5.56 Å². The Morgan fingerprint density at radius 3 is 2.78 bits per heavy atom. The van der Waals surface area contributed by atoms with Gasteiger partial charge in [0.05, 0.1) is 24.5 Å². The van der Waals surface area contributed by atoms with Gasteiger partial charge in [0.1, 0.15) is 18.6 Å². The van der Waals surface area contributed by atoms with E-state index in [4.69, 9.17) is 0 Å². The summed E-state index contributed by atoms with van der Waals surface area (Å²) in [6.07, 6.45) is 0.937. The van der Waals surface area contributed by atoms with E-state index in [-0.39, 0.29) is 24.1 Å². The maximum Gasteiger partial charge on any atom is 0.278 e. The molecule has 0 bridgehead atoms. The summed E-state index contributed by atoms with van der Waals surface area (Å²) in [5, 5.41) is 11.4. The number of fused-ring (bicyclic) bond motifs is 1. The number of nitrogens with zero attached hydrogens (tertiary/aromatic N) is 3. The van der Waals surface area contributed by atoms with Crippen molar-refractivity contribution in [3.05, 3.63) is 70.5 Å². The number of hydrogen-bond donors (Lipinski definition) is 2. The molecule has 1 unspecified atom stereocenters. The predicted molar refractivity (Wildman–Crippen MR) is 101 cm³/mol. The number of quaternary nitrogens is 1. The zero-order valence-electron chi connectivity index (χ0n) is 15.0. The average Bonchev–Trinajstić information content (AvgIpc) is 3.11. The van der Waals surface area contributed by atoms with Crippen LogP contribution in [0.15, 0.2) is 59.4 Å². The lowest BCUT2D eigenvalue weighted by molar-refractivity contribution is -0.901. The van der Waals surface area contributed by atoms with Gasteiger partial charge in [-0.05, 0) is 12.1 Å². The van der Waals surface area contributed by atoms with Crippen molar-refractivity contribution >= 4 is 16.8 Å². The quantitative estimate of drug-likeness (QED) is 0.655. The van der Waals surface area contributed by atoms with Crippen molar-refractivity contribution in [1.29, 1.82) is 0 Å². The third kappa shape index (κ3) is 4.03. The summed E-state index contributed by atoms with van der Waals surface area (Å²) in [7, 11) is 0.